The Morgan fingerprint density at radius 2 is 1.53 bits per heavy atom. The van der Waals surface area contributed by atoms with Crippen LogP contribution in [0.4, 0.5) is 0 Å². The number of aromatic nitrogens is 3. The minimum atomic E-state index is -1.35. The van der Waals surface area contributed by atoms with Crippen LogP contribution in [0.15, 0.2) is 120 Å². The summed E-state index contributed by atoms with van der Waals surface area (Å²) in [5.74, 6) is 1.73. The molecule has 3 heterocycles. The molecule has 3 aromatic heterocycles. The molecule has 5 aromatic carbocycles. The number of imidazole rings is 1. The van der Waals surface area contributed by atoms with Gasteiger partial charge in [0.15, 0.2) is 0 Å². The zero-order chi connectivity index (χ0) is 35.8. The molecule has 0 spiro atoms. The van der Waals surface area contributed by atoms with Crippen LogP contribution in [0.1, 0.15) is 42.4 Å². The number of pyridine rings is 1. The van der Waals surface area contributed by atoms with Crippen LogP contribution in [0.5, 0.6) is 0 Å². The van der Waals surface area contributed by atoms with Gasteiger partial charge < -0.3 is 14.0 Å². The maximum atomic E-state index is 6.30. The zero-order valence-electron chi connectivity index (χ0n) is 31.2. The SMILES string of the molecule is C[Si](C)(C)c1cnc(-c2[c-]cccc2)cc1CC1CCCC1.Cc1cccc(C)c1-n1c(-c2[c-]ccc3c2oc2ccccc23)nc2ccccc21.[Ir]. The Morgan fingerprint density at radius 3 is 2.28 bits per heavy atom. The minimum absolute atomic E-state index is 0. The van der Waals surface area contributed by atoms with E-state index in [2.05, 4.69) is 123 Å². The number of fused-ring (bicyclic) bond motifs is 4. The van der Waals surface area contributed by atoms with E-state index in [0.29, 0.717) is 0 Å². The van der Waals surface area contributed by atoms with E-state index in [0.717, 1.165) is 67.2 Å². The van der Waals surface area contributed by atoms with Crippen molar-refractivity contribution in [3.63, 3.8) is 0 Å². The predicted octanol–water partition coefficient (Wildman–Crippen LogP) is 11.8. The molecule has 1 saturated carbocycles. The summed E-state index contributed by atoms with van der Waals surface area (Å²) in [5.41, 5.74) is 11.9. The van der Waals surface area contributed by atoms with Gasteiger partial charge in [-0.3, -0.25) is 4.98 Å². The van der Waals surface area contributed by atoms with Crippen LogP contribution >= 0.6 is 0 Å². The molecule has 1 aliphatic carbocycles. The van der Waals surface area contributed by atoms with Gasteiger partial charge in [-0.25, -0.2) is 0 Å². The van der Waals surface area contributed by atoms with Gasteiger partial charge in [0.2, 0.25) is 0 Å². The van der Waals surface area contributed by atoms with Crippen molar-refractivity contribution in [3.05, 3.63) is 144 Å². The van der Waals surface area contributed by atoms with Crippen molar-refractivity contribution in [3.8, 4) is 28.3 Å². The summed E-state index contributed by atoms with van der Waals surface area (Å²) < 4.78 is 8.55. The molecule has 0 unspecified atom stereocenters. The molecule has 4 nitrogen and oxygen atoms in total. The smallest absolute Gasteiger partial charge is 0.120 e. The van der Waals surface area contributed by atoms with Gasteiger partial charge in [0.1, 0.15) is 5.58 Å². The van der Waals surface area contributed by atoms with Crippen LogP contribution in [0.25, 0.3) is 61.3 Å². The topological polar surface area (TPSA) is 43.9 Å². The Bertz CT molecular complexity index is 2500. The second kappa shape index (κ2) is 15.4. The van der Waals surface area contributed by atoms with Gasteiger partial charge in [-0.2, -0.15) is 0 Å². The Morgan fingerprint density at radius 1 is 0.792 bits per heavy atom. The van der Waals surface area contributed by atoms with Crippen molar-refractivity contribution in [2.45, 2.75) is 65.6 Å². The van der Waals surface area contributed by atoms with Gasteiger partial charge in [-0.15, -0.1) is 54.1 Å². The molecule has 53 heavy (non-hydrogen) atoms. The third-order valence-corrected chi connectivity index (χ3v) is 12.6. The molecular weight excluding hydrogens is 843 g/mol. The normalized spacial score (nSPS) is 13.3. The summed E-state index contributed by atoms with van der Waals surface area (Å²) in [6.45, 7) is 11.6. The first-order valence-electron chi connectivity index (χ1n) is 18.6. The quantitative estimate of drug-likeness (QED) is 0.123. The van der Waals surface area contributed by atoms with E-state index in [1.807, 2.05) is 42.5 Å². The molecule has 0 atom stereocenters. The second-order valence-electron chi connectivity index (χ2n) is 15.3. The Hall–Kier alpha value is -4.61. The van der Waals surface area contributed by atoms with Gasteiger partial charge in [-0.05, 0) is 66.4 Å². The first-order valence-corrected chi connectivity index (χ1v) is 22.1. The van der Waals surface area contributed by atoms with Gasteiger partial charge >= 0.3 is 0 Å². The maximum Gasteiger partial charge on any atom is 0.120 e. The van der Waals surface area contributed by atoms with E-state index < -0.39 is 8.07 Å². The fourth-order valence-corrected chi connectivity index (χ4v) is 9.59. The Balaban J connectivity index is 0.000000169. The number of nitrogens with zero attached hydrogens (tertiary/aromatic N) is 3. The van der Waals surface area contributed by atoms with E-state index in [9.17, 15) is 0 Å². The van der Waals surface area contributed by atoms with Gasteiger partial charge in [0.25, 0.3) is 0 Å². The maximum absolute atomic E-state index is 6.30. The largest absolute Gasteiger partial charge is 0.501 e. The molecule has 1 radical (unpaired) electrons. The summed E-state index contributed by atoms with van der Waals surface area (Å²) in [6.07, 6.45) is 9.03. The number of para-hydroxylation sites is 4. The zero-order valence-corrected chi connectivity index (χ0v) is 34.6. The summed E-state index contributed by atoms with van der Waals surface area (Å²) in [6, 6.07) is 44.1. The third kappa shape index (κ3) is 7.33. The van der Waals surface area contributed by atoms with Gasteiger partial charge in [-0.1, -0.05) is 116 Å². The van der Waals surface area contributed by atoms with E-state index >= 15 is 0 Å². The number of hydrogen-bond acceptors (Lipinski definition) is 3. The molecule has 1 fully saturated rings. The van der Waals surface area contributed by atoms with Crippen molar-refractivity contribution in [1.82, 2.24) is 14.5 Å². The molecule has 8 aromatic rings. The molecule has 269 valence electrons. The monoisotopic (exact) mass is 888 g/mol. The van der Waals surface area contributed by atoms with Gasteiger partial charge in [0.05, 0.1) is 30.5 Å². The molecule has 0 amide bonds. The van der Waals surface area contributed by atoms with Crippen LogP contribution in [0.3, 0.4) is 0 Å². The minimum Gasteiger partial charge on any atom is -0.501 e. The average molecular weight is 888 g/mol. The Kier molecular flexibility index (Phi) is 10.7. The van der Waals surface area contributed by atoms with Crippen molar-refractivity contribution < 1.29 is 24.5 Å². The molecule has 6 heteroatoms. The molecular formula is C47H45IrN3OSi-2. The number of furan rings is 1. The molecule has 1 aliphatic rings. The molecule has 9 rings (SSSR count). The average Bonchev–Trinajstić information content (AvgIpc) is 3.90. The van der Waals surface area contributed by atoms with E-state index in [-0.39, 0.29) is 20.1 Å². The van der Waals surface area contributed by atoms with Crippen molar-refractivity contribution in [1.29, 1.82) is 0 Å². The molecule has 0 saturated heterocycles. The molecule has 0 bridgehead atoms. The van der Waals surface area contributed by atoms with Crippen LogP contribution in [0.2, 0.25) is 19.6 Å². The number of benzene rings is 5. The summed E-state index contributed by atoms with van der Waals surface area (Å²) >= 11 is 0. The fourth-order valence-electron chi connectivity index (χ4n) is 8.00. The standard InChI is InChI=1S/C27H19N2O.C20H26NSi.Ir/c1-17-9-7-10-18(2)25(17)29-23-15-5-4-14-22(23)28-27(29)21-13-8-12-20-19-11-3-6-16-24(19)30-26(20)21;1-22(2,3)20-15-21-19(17-11-5-4-6-12-17)14-18(20)13-16-9-7-8-10-16;/h3-12,14-16H,1-2H3;4-6,11,14-16H,7-10,13H2,1-3H3;/q2*-1;. The number of hydrogen-bond donors (Lipinski definition) is 0. The first-order chi connectivity index (χ1) is 25.3. The van der Waals surface area contributed by atoms with Crippen LogP contribution in [0, 0.1) is 31.9 Å². The van der Waals surface area contributed by atoms with Crippen molar-refractivity contribution in [2.24, 2.45) is 5.92 Å². The fraction of sp³-hybridized carbons (Fsp3) is 0.234. The number of rotatable bonds is 6. The first kappa shape index (κ1) is 36.7. The third-order valence-electron chi connectivity index (χ3n) is 10.6. The van der Waals surface area contributed by atoms with Gasteiger partial charge in [0, 0.05) is 37.4 Å². The van der Waals surface area contributed by atoms with E-state index in [1.165, 1.54) is 43.2 Å². The van der Waals surface area contributed by atoms with Crippen LogP contribution in [-0.4, -0.2) is 22.6 Å². The summed E-state index contributed by atoms with van der Waals surface area (Å²) in [7, 11) is -1.35. The van der Waals surface area contributed by atoms with Crippen LogP contribution in [-0.2, 0) is 26.5 Å². The summed E-state index contributed by atoms with van der Waals surface area (Å²) in [4.78, 5) is 9.79. The molecule has 0 N–H and O–H groups in total. The van der Waals surface area contributed by atoms with E-state index in [1.54, 1.807) is 10.8 Å². The molecule has 0 aliphatic heterocycles. The number of aryl methyl sites for hydroxylation is 2. The predicted molar refractivity (Wildman–Crippen MR) is 219 cm³/mol. The van der Waals surface area contributed by atoms with Crippen molar-refractivity contribution >= 4 is 46.2 Å². The Labute approximate surface area is 327 Å². The second-order valence-corrected chi connectivity index (χ2v) is 20.3. The van der Waals surface area contributed by atoms with Crippen LogP contribution < -0.4 is 5.19 Å². The van der Waals surface area contributed by atoms with Crippen molar-refractivity contribution in [2.75, 3.05) is 0 Å². The van der Waals surface area contributed by atoms with E-state index in [4.69, 9.17) is 14.4 Å². The summed E-state index contributed by atoms with van der Waals surface area (Å²) in [5, 5.41) is 3.73.